The number of anilines is 2. The van der Waals surface area contributed by atoms with E-state index in [9.17, 15) is 23.3 Å². The summed E-state index contributed by atoms with van der Waals surface area (Å²) in [6.07, 6.45) is 13.3. The molecule has 55 heavy (non-hydrogen) atoms. The fourth-order valence-corrected chi connectivity index (χ4v) is 10.6. The van der Waals surface area contributed by atoms with E-state index < -0.39 is 31.4 Å². The van der Waals surface area contributed by atoms with Gasteiger partial charge in [0.15, 0.2) is 0 Å². The molecule has 3 N–H and O–H groups in total. The molecule has 4 fully saturated rings. The van der Waals surface area contributed by atoms with Gasteiger partial charge < -0.3 is 19.9 Å². The third-order valence-electron chi connectivity index (χ3n) is 12.2. The van der Waals surface area contributed by atoms with Crippen molar-refractivity contribution in [2.75, 3.05) is 54.4 Å². The summed E-state index contributed by atoms with van der Waals surface area (Å²) in [5.74, 6) is 3.06. The second-order valence-electron chi connectivity index (χ2n) is 15.8. The molecule has 1 aromatic carbocycles. The van der Waals surface area contributed by atoms with Gasteiger partial charge in [0.1, 0.15) is 22.0 Å². The average Bonchev–Trinajstić information content (AvgIpc) is 3.65. The van der Waals surface area contributed by atoms with Crippen molar-refractivity contribution in [3.63, 3.8) is 0 Å². The van der Waals surface area contributed by atoms with Gasteiger partial charge >= 0.3 is 5.69 Å². The van der Waals surface area contributed by atoms with Crippen LogP contribution in [-0.4, -0.2) is 89.4 Å². The lowest BCUT2D eigenvalue weighted by Gasteiger charge is -2.56. The van der Waals surface area contributed by atoms with Crippen LogP contribution in [0, 0.1) is 27.4 Å². The Kier molecular flexibility index (Phi) is 10.6. The summed E-state index contributed by atoms with van der Waals surface area (Å²) in [5, 5.41) is 15.9. The minimum Gasteiger partial charge on any atom is -0.455 e. The lowest BCUT2D eigenvalue weighted by atomic mass is 9.60. The topological polar surface area (TPSA) is 176 Å². The maximum absolute atomic E-state index is 13.8. The molecule has 5 heterocycles. The van der Waals surface area contributed by atoms with Crippen LogP contribution < -0.4 is 19.7 Å². The number of thioether (sulfide) groups is 1. The molecule has 0 bridgehead atoms. The minimum atomic E-state index is -4.57. The van der Waals surface area contributed by atoms with Crippen molar-refractivity contribution in [1.82, 2.24) is 24.6 Å². The number of hydrogen-bond acceptors (Lipinski definition) is 12. The molecule has 1 amide bonds. The molecule has 3 aromatic heterocycles. The predicted octanol–water partition coefficient (Wildman–Crippen LogP) is 6.81. The number of rotatable bonds is 11. The van der Waals surface area contributed by atoms with E-state index in [2.05, 4.69) is 41.7 Å². The number of nitrogens with zero attached hydrogens (tertiary/aromatic N) is 5. The van der Waals surface area contributed by atoms with Crippen LogP contribution in [0.4, 0.5) is 17.2 Å². The smallest absolute Gasteiger partial charge is 0.312 e. The van der Waals surface area contributed by atoms with Crippen molar-refractivity contribution in [3.8, 4) is 11.5 Å². The first kappa shape index (κ1) is 37.5. The number of carbonyl (C=O) groups excluding carboxylic acids is 1. The Labute approximate surface area is 325 Å². The number of carbonyl (C=O) groups is 1. The van der Waals surface area contributed by atoms with E-state index in [0.717, 1.165) is 75.0 Å². The summed E-state index contributed by atoms with van der Waals surface area (Å²) >= 11 is 2.04. The van der Waals surface area contributed by atoms with Crippen LogP contribution in [0.25, 0.3) is 11.0 Å². The summed E-state index contributed by atoms with van der Waals surface area (Å²) in [6, 6.07) is 10.4. The van der Waals surface area contributed by atoms with Crippen LogP contribution in [0.1, 0.15) is 68.6 Å². The highest BCUT2D eigenvalue weighted by Gasteiger charge is 2.48. The quantitative estimate of drug-likeness (QED) is 0.107. The summed E-state index contributed by atoms with van der Waals surface area (Å²) < 4.78 is 35.5. The number of amides is 1. The molecule has 8 rings (SSSR count). The highest BCUT2D eigenvalue weighted by molar-refractivity contribution is 7.99. The number of piperidine rings is 1. The third kappa shape index (κ3) is 8.26. The highest BCUT2D eigenvalue weighted by atomic mass is 32.2. The van der Waals surface area contributed by atoms with E-state index in [1.807, 2.05) is 23.9 Å². The second-order valence-corrected chi connectivity index (χ2v) is 18.7. The molecule has 1 spiro atoms. The minimum absolute atomic E-state index is 0.00452. The summed E-state index contributed by atoms with van der Waals surface area (Å²) in [5.41, 5.74) is 1.43. The first-order valence-corrected chi connectivity index (χ1v) is 22.0. The molecule has 4 aromatic rings. The number of H-pyrrole nitrogens is 1. The number of hydrogen-bond donors (Lipinski definition) is 3. The zero-order valence-corrected chi connectivity index (χ0v) is 32.7. The molecule has 2 aliphatic carbocycles. The Bertz CT molecular complexity index is 2150. The Morgan fingerprint density at radius 3 is 2.55 bits per heavy atom. The summed E-state index contributed by atoms with van der Waals surface area (Å²) in [7, 11) is -4.57. The van der Waals surface area contributed by atoms with Crippen molar-refractivity contribution in [2.24, 2.45) is 17.3 Å². The first-order chi connectivity index (χ1) is 26.5. The zero-order chi connectivity index (χ0) is 38.2. The van der Waals surface area contributed by atoms with Gasteiger partial charge in [0.25, 0.3) is 15.9 Å². The Morgan fingerprint density at radius 1 is 1.04 bits per heavy atom. The number of ether oxygens (including phenoxy) is 1. The normalized spacial score (nSPS) is 21.9. The van der Waals surface area contributed by atoms with Gasteiger partial charge in [0.2, 0.25) is 5.82 Å². The Morgan fingerprint density at radius 2 is 1.80 bits per heavy atom. The van der Waals surface area contributed by atoms with Gasteiger partial charge in [-0.05, 0) is 80.0 Å². The van der Waals surface area contributed by atoms with Crippen LogP contribution in [0.3, 0.4) is 0 Å². The van der Waals surface area contributed by atoms with E-state index in [0.29, 0.717) is 41.2 Å². The summed E-state index contributed by atoms with van der Waals surface area (Å²) in [4.78, 5) is 41.2. The van der Waals surface area contributed by atoms with Gasteiger partial charge in [-0.3, -0.25) is 19.8 Å². The second kappa shape index (κ2) is 15.6. The van der Waals surface area contributed by atoms with Crippen molar-refractivity contribution in [1.29, 1.82) is 0 Å². The molecule has 2 saturated carbocycles. The molecular weight excluding hydrogens is 741 g/mol. The molecule has 0 atom stereocenters. The molecule has 2 saturated heterocycles. The fraction of sp³-hybridized carbons (Fsp3) is 0.513. The Balaban J connectivity index is 0.991. The first-order valence-electron chi connectivity index (χ1n) is 19.3. The van der Waals surface area contributed by atoms with E-state index in [-0.39, 0.29) is 17.1 Å². The average molecular weight is 789 g/mol. The number of sulfonamides is 1. The highest BCUT2D eigenvalue weighted by Crippen LogP contribution is 2.52. The monoisotopic (exact) mass is 788 g/mol. The number of aromatic nitrogens is 3. The third-order valence-corrected chi connectivity index (χ3v) is 14.4. The van der Waals surface area contributed by atoms with Gasteiger partial charge in [0.05, 0.1) is 22.9 Å². The van der Waals surface area contributed by atoms with Crippen LogP contribution in [0.15, 0.2) is 59.9 Å². The van der Waals surface area contributed by atoms with Gasteiger partial charge in [-0.15, -0.1) is 0 Å². The van der Waals surface area contributed by atoms with Crippen molar-refractivity contribution >= 4 is 55.9 Å². The van der Waals surface area contributed by atoms with Gasteiger partial charge in [-0.1, -0.05) is 19.8 Å². The van der Waals surface area contributed by atoms with E-state index in [1.165, 1.54) is 43.6 Å². The summed E-state index contributed by atoms with van der Waals surface area (Å²) in [6.45, 7) is 6.85. The van der Waals surface area contributed by atoms with Crippen LogP contribution in [0.2, 0.25) is 0 Å². The van der Waals surface area contributed by atoms with Crippen LogP contribution >= 0.6 is 11.8 Å². The number of nitrogens with one attached hydrogen (secondary N) is 3. The predicted molar refractivity (Wildman–Crippen MR) is 214 cm³/mol. The van der Waals surface area contributed by atoms with E-state index >= 15 is 0 Å². The number of pyridine rings is 2. The van der Waals surface area contributed by atoms with E-state index in [1.54, 1.807) is 24.4 Å². The molecule has 16 heteroatoms. The maximum atomic E-state index is 13.8. The zero-order valence-electron chi connectivity index (χ0n) is 31.0. The van der Waals surface area contributed by atoms with E-state index in [4.69, 9.17) is 4.74 Å². The van der Waals surface area contributed by atoms with Crippen LogP contribution in [0.5, 0.6) is 11.5 Å². The molecule has 0 radical (unpaired) electrons. The SMILES string of the molecule is C[C@H]1CC[C@@H](CNc2ncc(S(=O)(=O)NC(=O)c3ccc(N4CCC5(CC4)CC(N4CCSCC4)C5)cc3Oc3cnc4[nH]ccc4c3)cc2[N+](=O)[O-])CC1. The number of nitro groups is 1. The number of fused-ring (bicyclic) bond motifs is 1. The molecule has 14 nitrogen and oxygen atoms in total. The van der Waals surface area contributed by atoms with Gasteiger partial charge in [0, 0.05) is 79.7 Å². The standard InChI is InChI=1S/C39H48N8O6S2/c1-26-2-4-27(5-3-26)23-41-37-34(47(49)50)20-32(25-43-37)55(51,52)44-38(48)33-7-6-29(19-35(33)53-31-18-28-8-11-40-36(28)42-24-31)45-12-9-39(10-13-45)21-30(22-39)46-14-16-54-17-15-46/h6-8,11,18-20,24-27,30H,2-5,9-10,12-17,21-23H2,1H3,(H,40,42)(H,41,43)(H,44,48)/t26-,27+. The fourth-order valence-electron chi connectivity index (χ4n) is 8.74. The largest absolute Gasteiger partial charge is 0.455 e. The maximum Gasteiger partial charge on any atom is 0.312 e. The van der Waals surface area contributed by atoms with Crippen LogP contribution in [-0.2, 0) is 10.0 Å². The van der Waals surface area contributed by atoms with Crippen molar-refractivity contribution in [2.45, 2.75) is 69.2 Å². The van der Waals surface area contributed by atoms with Gasteiger partial charge in [-0.2, -0.15) is 11.8 Å². The molecule has 0 unspecified atom stereocenters. The number of aromatic amines is 1. The lowest BCUT2D eigenvalue weighted by molar-refractivity contribution is -0.384. The van der Waals surface area contributed by atoms with Gasteiger partial charge in [-0.25, -0.2) is 23.1 Å². The Hall–Kier alpha value is -4.41. The molecule has 2 aliphatic heterocycles. The molecular formula is C39H48N8O6S2. The molecule has 292 valence electrons. The van der Waals surface area contributed by atoms with Crippen molar-refractivity contribution in [3.05, 3.63) is 70.7 Å². The lowest BCUT2D eigenvalue weighted by Crippen LogP contribution is -2.56. The molecule has 4 aliphatic rings. The number of benzene rings is 1. The van der Waals surface area contributed by atoms with Crippen molar-refractivity contribution < 1.29 is 22.9 Å².